The van der Waals surface area contributed by atoms with Gasteiger partial charge < -0.3 is 15.0 Å². The van der Waals surface area contributed by atoms with E-state index in [-0.39, 0.29) is 5.75 Å². The van der Waals surface area contributed by atoms with Crippen molar-refractivity contribution in [3.8, 4) is 5.75 Å². The Kier molecular flexibility index (Phi) is 6.21. The van der Waals surface area contributed by atoms with E-state index < -0.39 is 6.61 Å². The van der Waals surface area contributed by atoms with Crippen LogP contribution in [0, 0.1) is 0 Å². The van der Waals surface area contributed by atoms with Gasteiger partial charge in [-0.15, -0.1) is 0 Å². The Morgan fingerprint density at radius 1 is 1.43 bits per heavy atom. The molecule has 21 heavy (non-hydrogen) atoms. The van der Waals surface area contributed by atoms with Crippen LogP contribution < -0.4 is 10.1 Å². The van der Waals surface area contributed by atoms with Crippen molar-refractivity contribution in [3.05, 3.63) is 28.8 Å². The van der Waals surface area contributed by atoms with E-state index in [2.05, 4.69) is 22.0 Å². The van der Waals surface area contributed by atoms with Crippen molar-refractivity contribution in [2.75, 3.05) is 20.1 Å². The van der Waals surface area contributed by atoms with Crippen LogP contribution in [0.5, 0.6) is 5.75 Å². The van der Waals surface area contributed by atoms with Crippen molar-refractivity contribution < 1.29 is 13.5 Å². The second-order valence-electron chi connectivity index (χ2n) is 5.39. The fraction of sp³-hybridized carbons (Fsp3) is 0.600. The first-order chi connectivity index (χ1) is 10.1. The highest BCUT2D eigenvalue weighted by molar-refractivity contribution is 6.30. The summed E-state index contributed by atoms with van der Waals surface area (Å²) in [7, 11) is 2.12. The zero-order valence-corrected chi connectivity index (χ0v) is 12.9. The van der Waals surface area contributed by atoms with Crippen LogP contribution >= 0.6 is 11.6 Å². The molecule has 1 atom stereocenters. The molecular formula is C15H21ClF2N2O. The Morgan fingerprint density at radius 2 is 2.24 bits per heavy atom. The van der Waals surface area contributed by atoms with E-state index in [0.717, 1.165) is 13.1 Å². The summed E-state index contributed by atoms with van der Waals surface area (Å²) in [6.45, 7) is -0.415. The molecule has 1 aromatic rings. The van der Waals surface area contributed by atoms with E-state index in [1.54, 1.807) is 12.1 Å². The van der Waals surface area contributed by atoms with Crippen LogP contribution in [-0.2, 0) is 6.54 Å². The second kappa shape index (κ2) is 7.92. The lowest BCUT2D eigenvalue weighted by Crippen LogP contribution is -2.42. The largest absolute Gasteiger partial charge is 0.434 e. The first kappa shape index (κ1) is 16.5. The molecule has 0 aromatic heterocycles. The van der Waals surface area contributed by atoms with E-state index in [0.29, 0.717) is 23.2 Å². The highest BCUT2D eigenvalue weighted by Crippen LogP contribution is 2.24. The molecule has 1 N–H and O–H groups in total. The van der Waals surface area contributed by atoms with Crippen molar-refractivity contribution in [1.29, 1.82) is 0 Å². The van der Waals surface area contributed by atoms with Crippen molar-refractivity contribution in [2.24, 2.45) is 0 Å². The van der Waals surface area contributed by atoms with E-state index in [9.17, 15) is 8.78 Å². The average Bonchev–Trinajstić information content (AvgIpc) is 2.43. The molecule has 1 saturated heterocycles. The molecule has 1 aliphatic rings. The summed E-state index contributed by atoms with van der Waals surface area (Å²) >= 11 is 5.93. The number of halogens is 3. The maximum atomic E-state index is 12.4. The average molecular weight is 319 g/mol. The van der Waals surface area contributed by atoms with Crippen LogP contribution in [-0.4, -0.2) is 37.7 Å². The van der Waals surface area contributed by atoms with Crippen LogP contribution in [0.3, 0.4) is 0 Å². The van der Waals surface area contributed by atoms with E-state index in [4.69, 9.17) is 11.6 Å². The first-order valence-corrected chi connectivity index (χ1v) is 7.58. The molecule has 0 saturated carbocycles. The molecule has 0 bridgehead atoms. The van der Waals surface area contributed by atoms with Gasteiger partial charge in [-0.05, 0) is 44.6 Å². The van der Waals surface area contributed by atoms with Crippen LogP contribution in [0.4, 0.5) is 8.78 Å². The zero-order valence-electron chi connectivity index (χ0n) is 12.1. The summed E-state index contributed by atoms with van der Waals surface area (Å²) < 4.78 is 29.3. The Labute approximate surface area is 129 Å². The van der Waals surface area contributed by atoms with Crippen LogP contribution in [0.1, 0.15) is 24.8 Å². The number of alkyl halides is 2. The fourth-order valence-electron chi connectivity index (χ4n) is 2.67. The smallest absolute Gasteiger partial charge is 0.387 e. The number of piperidine rings is 1. The predicted molar refractivity (Wildman–Crippen MR) is 80.1 cm³/mol. The molecule has 3 nitrogen and oxygen atoms in total. The molecule has 1 heterocycles. The lowest BCUT2D eigenvalue weighted by Gasteiger charge is -2.32. The van der Waals surface area contributed by atoms with E-state index in [1.807, 2.05) is 0 Å². The summed E-state index contributed by atoms with van der Waals surface area (Å²) in [5.74, 6) is 0.180. The monoisotopic (exact) mass is 318 g/mol. The standard InChI is InChI=1S/C15H21ClF2N2O/c1-20-7-3-2-4-13(20)10-19-9-11-8-12(16)5-6-14(11)21-15(17)18/h5-6,8,13,15,19H,2-4,7,9-10H2,1H3. The molecule has 0 amide bonds. The van der Waals surface area contributed by atoms with Gasteiger partial charge in [0.1, 0.15) is 5.75 Å². The van der Waals surface area contributed by atoms with Crippen molar-refractivity contribution >= 4 is 11.6 Å². The molecular weight excluding hydrogens is 298 g/mol. The molecule has 0 spiro atoms. The topological polar surface area (TPSA) is 24.5 Å². The predicted octanol–water partition coefficient (Wildman–Crippen LogP) is 3.52. The molecule has 6 heteroatoms. The molecule has 0 radical (unpaired) electrons. The lowest BCUT2D eigenvalue weighted by molar-refractivity contribution is -0.0505. The van der Waals surface area contributed by atoms with Gasteiger partial charge >= 0.3 is 6.61 Å². The summed E-state index contributed by atoms with van der Waals surface area (Å²) in [5.41, 5.74) is 0.654. The number of rotatable bonds is 6. The molecule has 2 rings (SSSR count). The van der Waals surface area contributed by atoms with Gasteiger partial charge in [-0.1, -0.05) is 18.0 Å². The number of likely N-dealkylation sites (N-methyl/N-ethyl adjacent to an activating group) is 1. The van der Waals surface area contributed by atoms with Crippen LogP contribution in [0.2, 0.25) is 5.02 Å². The number of hydrogen-bond acceptors (Lipinski definition) is 3. The van der Waals surface area contributed by atoms with Crippen LogP contribution in [0.25, 0.3) is 0 Å². The quantitative estimate of drug-likeness (QED) is 0.868. The Hall–Kier alpha value is -0.910. The molecule has 1 aliphatic heterocycles. The molecule has 0 aliphatic carbocycles. The number of nitrogens with one attached hydrogen (secondary N) is 1. The van der Waals surface area contributed by atoms with Crippen molar-refractivity contribution in [1.82, 2.24) is 10.2 Å². The molecule has 1 fully saturated rings. The lowest BCUT2D eigenvalue weighted by atomic mass is 10.0. The first-order valence-electron chi connectivity index (χ1n) is 7.20. The third kappa shape index (κ3) is 5.09. The summed E-state index contributed by atoms with van der Waals surface area (Å²) in [6, 6.07) is 5.20. The maximum absolute atomic E-state index is 12.4. The molecule has 1 aromatic carbocycles. The normalized spacial score (nSPS) is 20.0. The van der Waals surface area contributed by atoms with Gasteiger partial charge in [-0.25, -0.2) is 0 Å². The third-order valence-electron chi connectivity index (χ3n) is 3.86. The van der Waals surface area contributed by atoms with Crippen LogP contribution in [0.15, 0.2) is 18.2 Å². The van der Waals surface area contributed by atoms with Gasteiger partial charge in [-0.3, -0.25) is 0 Å². The number of benzene rings is 1. The minimum atomic E-state index is -2.82. The minimum Gasteiger partial charge on any atom is -0.434 e. The summed E-state index contributed by atoms with van der Waals surface area (Å²) in [5, 5.41) is 3.83. The van der Waals surface area contributed by atoms with Gasteiger partial charge in [0.25, 0.3) is 0 Å². The highest BCUT2D eigenvalue weighted by atomic mass is 35.5. The SMILES string of the molecule is CN1CCCCC1CNCc1cc(Cl)ccc1OC(F)F. The van der Waals surface area contributed by atoms with Gasteiger partial charge in [0.05, 0.1) is 0 Å². The van der Waals surface area contributed by atoms with Crippen molar-refractivity contribution in [3.63, 3.8) is 0 Å². The van der Waals surface area contributed by atoms with Gasteiger partial charge in [0.15, 0.2) is 0 Å². The van der Waals surface area contributed by atoms with Gasteiger partial charge in [-0.2, -0.15) is 8.78 Å². The maximum Gasteiger partial charge on any atom is 0.387 e. The second-order valence-corrected chi connectivity index (χ2v) is 5.83. The Morgan fingerprint density at radius 3 is 2.95 bits per heavy atom. The third-order valence-corrected chi connectivity index (χ3v) is 4.09. The van der Waals surface area contributed by atoms with E-state index in [1.165, 1.54) is 25.3 Å². The van der Waals surface area contributed by atoms with Crippen molar-refractivity contribution in [2.45, 2.75) is 38.5 Å². The number of hydrogen-bond donors (Lipinski definition) is 1. The highest BCUT2D eigenvalue weighted by Gasteiger charge is 2.18. The van der Waals surface area contributed by atoms with E-state index >= 15 is 0 Å². The van der Waals surface area contributed by atoms with Gasteiger partial charge in [0, 0.05) is 29.7 Å². The summed E-state index contributed by atoms with van der Waals surface area (Å²) in [4.78, 5) is 2.34. The molecule has 1 unspecified atom stereocenters. The zero-order chi connectivity index (χ0) is 15.2. The number of nitrogens with zero attached hydrogens (tertiary/aromatic N) is 1. The minimum absolute atomic E-state index is 0.180. The summed E-state index contributed by atoms with van der Waals surface area (Å²) in [6.07, 6.45) is 3.65. The fourth-order valence-corrected chi connectivity index (χ4v) is 2.87. The number of likely N-dealkylation sites (tertiary alicyclic amines) is 1. The Balaban J connectivity index is 1.91. The van der Waals surface area contributed by atoms with Gasteiger partial charge in [0.2, 0.25) is 0 Å². The number of ether oxygens (including phenoxy) is 1. The Bertz CT molecular complexity index is 459. The molecule has 118 valence electrons.